The zero-order chi connectivity index (χ0) is 38.4. The van der Waals surface area contributed by atoms with E-state index in [1.165, 1.54) is 21.2 Å². The Labute approximate surface area is 333 Å². The third kappa shape index (κ3) is 7.47. The number of fused-ring (bicyclic) bond motifs is 4. The van der Waals surface area contributed by atoms with Gasteiger partial charge >= 0.3 is 99.8 Å². The van der Waals surface area contributed by atoms with Gasteiger partial charge in [-0.15, -0.1) is 18.2 Å². The number of nitrogens with zero attached hydrogens (tertiary/aromatic N) is 3. The number of pyridine rings is 1. The van der Waals surface area contributed by atoms with Gasteiger partial charge in [-0.2, -0.15) is 11.3 Å². The number of thiophene rings is 1. The van der Waals surface area contributed by atoms with Crippen LogP contribution in [0.2, 0.25) is 17.3 Å². The molecule has 3 aromatic heterocycles. The fourth-order valence-electron chi connectivity index (χ4n) is 6.65. The molecule has 0 amide bonds. The Bertz CT molecular complexity index is 2560. The van der Waals surface area contributed by atoms with Crippen LogP contribution in [0, 0.1) is 19.0 Å². The van der Waals surface area contributed by atoms with Crippen LogP contribution in [-0.4, -0.2) is 27.8 Å². The smallest absolute Gasteiger partial charge is 0 e. The van der Waals surface area contributed by atoms with Gasteiger partial charge in [0.05, 0.1) is 16.9 Å². The number of aromatic nitrogens is 3. The van der Waals surface area contributed by atoms with E-state index in [4.69, 9.17) is 9.10 Å². The summed E-state index contributed by atoms with van der Waals surface area (Å²) in [6.45, 7) is 6.82. The van der Waals surface area contributed by atoms with Crippen molar-refractivity contribution in [2.75, 3.05) is 0 Å². The van der Waals surface area contributed by atoms with Crippen LogP contribution in [0.4, 0.5) is 0 Å². The summed E-state index contributed by atoms with van der Waals surface area (Å²) >= 11 is -0.102. The van der Waals surface area contributed by atoms with Crippen LogP contribution < -0.4 is 4.40 Å². The fraction of sp³-hybridized carbons (Fsp3) is 0.217. The molecule has 0 atom stereocenters. The van der Waals surface area contributed by atoms with Crippen molar-refractivity contribution in [2.45, 2.75) is 63.7 Å². The Balaban J connectivity index is 0.000000254. The van der Waals surface area contributed by atoms with Gasteiger partial charge in [-0.3, -0.25) is 4.98 Å². The number of hydrogen-bond donors (Lipinski definition) is 0. The molecule has 8 rings (SSSR count). The molecular formula is C46H45GeIrN3S-2. The fourth-order valence-corrected chi connectivity index (χ4v) is 10.1. The van der Waals surface area contributed by atoms with E-state index in [0.717, 1.165) is 53.9 Å². The maximum atomic E-state index is 7.87. The molecule has 0 bridgehead atoms. The average Bonchev–Trinajstić information content (AvgIpc) is 3.73. The molecule has 0 spiro atoms. The Morgan fingerprint density at radius 2 is 1.52 bits per heavy atom. The van der Waals surface area contributed by atoms with Gasteiger partial charge < -0.3 is 4.57 Å². The normalized spacial score (nSPS) is 12.8. The maximum Gasteiger partial charge on any atom is 0 e. The van der Waals surface area contributed by atoms with Crippen LogP contribution in [0.25, 0.3) is 59.5 Å². The zero-order valence-electron chi connectivity index (χ0n) is 33.7. The van der Waals surface area contributed by atoms with Crippen LogP contribution >= 0.6 is 11.3 Å². The number of aryl methyl sites for hydroxylation is 1. The minimum Gasteiger partial charge on any atom is 0 e. The van der Waals surface area contributed by atoms with Crippen LogP contribution in [0.15, 0.2) is 115 Å². The first-order valence-corrected chi connectivity index (χ1v) is 25.8. The maximum absolute atomic E-state index is 7.87. The van der Waals surface area contributed by atoms with Crippen LogP contribution in [-0.2, 0) is 20.1 Å². The van der Waals surface area contributed by atoms with Crippen molar-refractivity contribution in [3.8, 4) is 28.3 Å². The molecule has 1 radical (unpaired) electrons. The first-order valence-electron chi connectivity index (χ1n) is 19.1. The molecule has 0 N–H and O–H groups in total. The van der Waals surface area contributed by atoms with E-state index in [2.05, 4.69) is 121 Å². The number of rotatable bonds is 6. The Hall–Kier alpha value is -3.87. The van der Waals surface area contributed by atoms with E-state index in [9.17, 15) is 0 Å². The Kier molecular flexibility index (Phi) is 10.2. The molecule has 6 heteroatoms. The first-order chi connectivity index (χ1) is 25.7. The second-order valence-corrected chi connectivity index (χ2v) is 26.4. The van der Waals surface area contributed by atoms with E-state index in [0.29, 0.717) is 17.4 Å². The summed E-state index contributed by atoms with van der Waals surface area (Å²) in [7, 11) is 0. The molecule has 52 heavy (non-hydrogen) atoms. The quantitative estimate of drug-likeness (QED) is 0.123. The predicted molar refractivity (Wildman–Crippen MR) is 223 cm³/mol. The molecule has 8 aromatic rings. The minimum atomic E-state index is -2.14. The molecule has 0 aliphatic carbocycles. The van der Waals surface area contributed by atoms with E-state index in [1.807, 2.05) is 54.7 Å². The van der Waals surface area contributed by atoms with Crippen molar-refractivity contribution in [2.24, 2.45) is 0 Å². The third-order valence-corrected chi connectivity index (χ3v) is 14.8. The van der Waals surface area contributed by atoms with Gasteiger partial charge in [-0.25, -0.2) is 0 Å². The van der Waals surface area contributed by atoms with Gasteiger partial charge in [0.25, 0.3) is 0 Å². The number of benzene rings is 5. The van der Waals surface area contributed by atoms with Gasteiger partial charge in [-0.1, -0.05) is 81.1 Å². The van der Waals surface area contributed by atoms with Gasteiger partial charge in [0.15, 0.2) is 0 Å². The first kappa shape index (κ1) is 33.9. The number of hydrogen-bond acceptors (Lipinski definition) is 3. The topological polar surface area (TPSA) is 30.7 Å². The molecule has 0 aliphatic heterocycles. The molecule has 0 saturated carbocycles. The van der Waals surface area contributed by atoms with Crippen LogP contribution in [0.1, 0.15) is 60.3 Å². The summed E-state index contributed by atoms with van der Waals surface area (Å²) in [5.41, 5.74) is 9.13. The van der Waals surface area contributed by atoms with Crippen molar-refractivity contribution in [3.63, 3.8) is 0 Å². The predicted octanol–water partition coefficient (Wildman–Crippen LogP) is 12.5. The molecule has 3 heterocycles. The molecular weight excluding hydrogens is 891 g/mol. The van der Waals surface area contributed by atoms with Crippen molar-refractivity contribution >= 4 is 60.2 Å². The van der Waals surface area contributed by atoms with Crippen molar-refractivity contribution < 1.29 is 24.2 Å². The van der Waals surface area contributed by atoms with E-state index in [-0.39, 0.29) is 20.1 Å². The molecule has 0 fully saturated rings. The monoisotopic (exact) mass is 941 g/mol. The summed E-state index contributed by atoms with van der Waals surface area (Å²) in [5, 5.41) is 2.15. The second kappa shape index (κ2) is 15.6. The number of imidazole rings is 1. The molecule has 5 aromatic carbocycles. The van der Waals surface area contributed by atoms with Crippen molar-refractivity contribution in [3.05, 3.63) is 144 Å². The molecule has 3 nitrogen and oxygen atoms in total. The van der Waals surface area contributed by atoms with Gasteiger partial charge in [0.2, 0.25) is 0 Å². The standard InChI is InChI=1S/C32H29N2S.C14H16GeN.Ir/c1-19(2)22-10-8-11-23(20(3)4)30(22)34-28-15-7-6-14-27(28)33-32(34)26-13-9-12-25-24-17-16-21(5)18-29(24)35-31(25)26;1-15(2,3)13-9-10-14(16-11-13)12-7-5-4-6-8-12;/h6-12,14-20H,1-5H3;4-7,9-11H,1-3H3;/q2*-1;/i5D3;;. The molecule has 265 valence electrons. The molecule has 0 unspecified atom stereocenters. The van der Waals surface area contributed by atoms with Crippen LogP contribution in [0.3, 0.4) is 0 Å². The SMILES string of the molecule is [2H]C([2H])([2H])c1ccc2c(c1)sc1c(-c3nc4ccccc4n3-c3c(C(C)C)cccc3C(C)C)[c-]ccc12.[CH3][Ge]([CH3])([CH3])[c]1ccc(-c2[c-]cccc2)nc1.[Ir]. The van der Waals surface area contributed by atoms with Crippen molar-refractivity contribution in [1.29, 1.82) is 0 Å². The summed E-state index contributed by atoms with van der Waals surface area (Å²) in [6.07, 6.45) is 2.04. The summed E-state index contributed by atoms with van der Waals surface area (Å²) in [4.78, 5) is 9.72. The molecule has 0 aliphatic rings. The minimum absolute atomic E-state index is 0. The van der Waals surface area contributed by atoms with Gasteiger partial charge in [0, 0.05) is 34.6 Å². The van der Waals surface area contributed by atoms with Crippen LogP contribution in [0.5, 0.6) is 0 Å². The largest absolute Gasteiger partial charge is 0 e. The summed E-state index contributed by atoms with van der Waals surface area (Å²) in [6, 6.07) is 43.4. The van der Waals surface area contributed by atoms with Crippen molar-refractivity contribution in [1.82, 2.24) is 14.5 Å². The second-order valence-electron chi connectivity index (χ2n) is 14.7. The average molecular weight is 940 g/mol. The van der Waals surface area contributed by atoms with E-state index in [1.54, 1.807) is 17.4 Å². The molecule has 0 saturated heterocycles. The summed E-state index contributed by atoms with van der Waals surface area (Å²) in [5.74, 6) is 8.66. The Morgan fingerprint density at radius 1 is 0.769 bits per heavy atom. The third-order valence-electron chi connectivity index (χ3n) is 9.40. The van der Waals surface area contributed by atoms with E-state index >= 15 is 0 Å². The van der Waals surface area contributed by atoms with E-state index < -0.39 is 20.1 Å². The van der Waals surface area contributed by atoms with Gasteiger partial charge in [-0.05, 0) is 63.7 Å². The Morgan fingerprint density at radius 3 is 2.17 bits per heavy atom. The summed E-state index contributed by atoms with van der Waals surface area (Å²) < 4.78 is 29.4. The number of para-hydroxylation sites is 3. The van der Waals surface area contributed by atoms with Gasteiger partial charge in [0.1, 0.15) is 0 Å². The zero-order valence-corrected chi connectivity index (χ0v) is 36.0.